The number of rotatable bonds is 6. The van der Waals surface area contributed by atoms with E-state index in [1.54, 1.807) is 12.1 Å². The van der Waals surface area contributed by atoms with Crippen LogP contribution < -0.4 is 10.2 Å². The van der Waals surface area contributed by atoms with Gasteiger partial charge in [-0.3, -0.25) is 14.9 Å². The number of nitro groups is 1. The molecule has 1 heterocycles. The zero-order valence-electron chi connectivity index (χ0n) is 12.8. The Morgan fingerprint density at radius 3 is 2.68 bits per heavy atom. The Balaban J connectivity index is 1.88. The van der Waals surface area contributed by atoms with Gasteiger partial charge in [0.25, 0.3) is 5.69 Å². The standard InChI is InChI=1S/C15H22N4O3/c1-16-7-3-6-15(20)18-10-8-17(9-11-18)13-4-2-5-14(12-13)19(21)22/h2,4-5,12,16H,3,6-11H2,1H3. The molecule has 1 aromatic rings. The van der Waals surface area contributed by atoms with Gasteiger partial charge in [0.2, 0.25) is 5.91 Å². The zero-order valence-corrected chi connectivity index (χ0v) is 12.8. The number of nitrogens with zero attached hydrogens (tertiary/aromatic N) is 3. The smallest absolute Gasteiger partial charge is 0.271 e. The first-order valence-electron chi connectivity index (χ1n) is 7.53. The molecule has 7 nitrogen and oxygen atoms in total. The topological polar surface area (TPSA) is 78.7 Å². The maximum Gasteiger partial charge on any atom is 0.271 e. The number of non-ortho nitro benzene ring substituents is 1. The van der Waals surface area contributed by atoms with Crippen molar-refractivity contribution in [3.05, 3.63) is 34.4 Å². The van der Waals surface area contributed by atoms with Crippen molar-refractivity contribution in [1.82, 2.24) is 10.2 Å². The van der Waals surface area contributed by atoms with Crippen molar-refractivity contribution >= 4 is 17.3 Å². The first kappa shape index (κ1) is 16.2. The van der Waals surface area contributed by atoms with Gasteiger partial charge in [-0.2, -0.15) is 0 Å². The van der Waals surface area contributed by atoms with Crippen LogP contribution in [0, 0.1) is 10.1 Å². The molecule has 1 aliphatic rings. The SMILES string of the molecule is CNCCCC(=O)N1CCN(c2cccc([N+](=O)[O-])c2)CC1. The summed E-state index contributed by atoms with van der Waals surface area (Å²) >= 11 is 0. The average Bonchev–Trinajstić information content (AvgIpc) is 2.55. The minimum atomic E-state index is -0.384. The molecule has 2 rings (SSSR count). The van der Waals surface area contributed by atoms with Gasteiger partial charge in [-0.1, -0.05) is 6.07 Å². The number of carbonyl (C=O) groups excluding carboxylic acids is 1. The molecule has 1 fully saturated rings. The fraction of sp³-hybridized carbons (Fsp3) is 0.533. The van der Waals surface area contributed by atoms with Gasteiger partial charge in [-0.25, -0.2) is 0 Å². The second-order valence-corrected chi connectivity index (χ2v) is 5.35. The second-order valence-electron chi connectivity index (χ2n) is 5.35. The van der Waals surface area contributed by atoms with Gasteiger partial charge in [-0.15, -0.1) is 0 Å². The lowest BCUT2D eigenvalue weighted by Gasteiger charge is -2.36. The third-order valence-corrected chi connectivity index (χ3v) is 3.86. The molecule has 1 aliphatic heterocycles. The van der Waals surface area contributed by atoms with Gasteiger partial charge < -0.3 is 15.1 Å². The summed E-state index contributed by atoms with van der Waals surface area (Å²) in [5, 5.41) is 13.9. The van der Waals surface area contributed by atoms with Gasteiger partial charge in [0.1, 0.15) is 0 Å². The molecule has 0 aromatic heterocycles. The highest BCUT2D eigenvalue weighted by atomic mass is 16.6. The van der Waals surface area contributed by atoms with E-state index in [4.69, 9.17) is 0 Å². The van der Waals surface area contributed by atoms with E-state index in [1.165, 1.54) is 6.07 Å². The average molecular weight is 306 g/mol. The highest BCUT2D eigenvalue weighted by Gasteiger charge is 2.21. The fourth-order valence-electron chi connectivity index (χ4n) is 2.59. The quantitative estimate of drug-likeness (QED) is 0.486. The van der Waals surface area contributed by atoms with E-state index in [-0.39, 0.29) is 16.5 Å². The van der Waals surface area contributed by atoms with Crippen molar-refractivity contribution < 1.29 is 9.72 Å². The summed E-state index contributed by atoms with van der Waals surface area (Å²) in [5.74, 6) is 0.189. The molecule has 1 saturated heterocycles. The molecule has 1 N–H and O–H groups in total. The van der Waals surface area contributed by atoms with Crippen molar-refractivity contribution in [3.63, 3.8) is 0 Å². The van der Waals surface area contributed by atoms with E-state index in [9.17, 15) is 14.9 Å². The van der Waals surface area contributed by atoms with Crippen LogP contribution >= 0.6 is 0 Å². The molecular formula is C15H22N4O3. The van der Waals surface area contributed by atoms with Crippen LogP contribution in [0.2, 0.25) is 0 Å². The maximum atomic E-state index is 12.0. The molecule has 0 atom stereocenters. The Morgan fingerprint density at radius 2 is 2.05 bits per heavy atom. The minimum absolute atomic E-state index is 0.100. The molecular weight excluding hydrogens is 284 g/mol. The van der Waals surface area contributed by atoms with Crippen LogP contribution in [0.4, 0.5) is 11.4 Å². The number of piperazine rings is 1. The lowest BCUT2D eigenvalue weighted by atomic mass is 10.2. The summed E-state index contributed by atoms with van der Waals surface area (Å²) in [7, 11) is 1.88. The van der Waals surface area contributed by atoms with Crippen molar-refractivity contribution in [1.29, 1.82) is 0 Å². The number of hydrogen-bond acceptors (Lipinski definition) is 5. The second kappa shape index (κ2) is 7.74. The molecule has 120 valence electrons. The lowest BCUT2D eigenvalue weighted by Crippen LogP contribution is -2.48. The summed E-state index contributed by atoms with van der Waals surface area (Å²) < 4.78 is 0. The van der Waals surface area contributed by atoms with Crippen LogP contribution in [0.3, 0.4) is 0 Å². The summed E-state index contributed by atoms with van der Waals surface area (Å²) in [6, 6.07) is 6.65. The summed E-state index contributed by atoms with van der Waals surface area (Å²) in [6.07, 6.45) is 1.41. The molecule has 0 aliphatic carbocycles. The summed E-state index contributed by atoms with van der Waals surface area (Å²) in [6.45, 7) is 3.60. The summed E-state index contributed by atoms with van der Waals surface area (Å²) in [5.41, 5.74) is 0.944. The molecule has 1 aromatic carbocycles. The number of nitrogens with one attached hydrogen (secondary N) is 1. The third kappa shape index (κ3) is 4.17. The number of benzene rings is 1. The Labute approximate surface area is 130 Å². The molecule has 0 saturated carbocycles. The number of hydrogen-bond donors (Lipinski definition) is 1. The molecule has 0 radical (unpaired) electrons. The molecule has 22 heavy (non-hydrogen) atoms. The van der Waals surface area contributed by atoms with Gasteiger partial charge in [-0.05, 0) is 26.1 Å². The van der Waals surface area contributed by atoms with Gasteiger partial charge in [0, 0.05) is 50.4 Å². The van der Waals surface area contributed by atoms with Gasteiger partial charge in [0.15, 0.2) is 0 Å². The Morgan fingerprint density at radius 1 is 1.32 bits per heavy atom. The van der Waals surface area contributed by atoms with Crippen LogP contribution in [-0.2, 0) is 4.79 Å². The van der Waals surface area contributed by atoms with E-state index in [1.807, 2.05) is 18.0 Å². The first-order chi connectivity index (χ1) is 10.6. The van der Waals surface area contributed by atoms with E-state index in [2.05, 4.69) is 10.2 Å². The molecule has 0 unspecified atom stereocenters. The van der Waals surface area contributed by atoms with Crippen molar-refractivity contribution in [2.24, 2.45) is 0 Å². The zero-order chi connectivity index (χ0) is 15.9. The normalized spacial score (nSPS) is 15.0. The van der Waals surface area contributed by atoms with Crippen molar-refractivity contribution in [3.8, 4) is 0 Å². The number of carbonyl (C=O) groups is 1. The highest BCUT2D eigenvalue weighted by molar-refractivity contribution is 5.76. The van der Waals surface area contributed by atoms with Crippen LogP contribution in [0.5, 0.6) is 0 Å². The van der Waals surface area contributed by atoms with E-state index >= 15 is 0 Å². The van der Waals surface area contributed by atoms with Crippen molar-refractivity contribution in [2.45, 2.75) is 12.8 Å². The minimum Gasteiger partial charge on any atom is -0.368 e. The van der Waals surface area contributed by atoms with E-state index < -0.39 is 0 Å². The van der Waals surface area contributed by atoms with E-state index in [0.29, 0.717) is 32.6 Å². The Bertz CT molecular complexity index is 527. The fourth-order valence-corrected chi connectivity index (χ4v) is 2.59. The summed E-state index contributed by atoms with van der Waals surface area (Å²) in [4.78, 5) is 26.5. The highest BCUT2D eigenvalue weighted by Crippen LogP contribution is 2.22. The number of anilines is 1. The molecule has 7 heteroatoms. The monoisotopic (exact) mass is 306 g/mol. The van der Waals surface area contributed by atoms with Crippen LogP contribution in [0.15, 0.2) is 24.3 Å². The Kier molecular flexibility index (Phi) is 5.71. The number of amides is 1. The predicted molar refractivity (Wildman–Crippen MR) is 85.1 cm³/mol. The van der Waals surface area contributed by atoms with Crippen LogP contribution in [0.25, 0.3) is 0 Å². The lowest BCUT2D eigenvalue weighted by molar-refractivity contribution is -0.384. The third-order valence-electron chi connectivity index (χ3n) is 3.86. The van der Waals surface area contributed by atoms with Crippen LogP contribution in [-0.4, -0.2) is 55.5 Å². The molecule has 1 amide bonds. The first-order valence-corrected chi connectivity index (χ1v) is 7.53. The molecule has 0 bridgehead atoms. The van der Waals surface area contributed by atoms with Crippen molar-refractivity contribution in [2.75, 3.05) is 44.7 Å². The largest absolute Gasteiger partial charge is 0.368 e. The number of nitro benzene ring substituents is 1. The predicted octanol–water partition coefficient (Wildman–Crippen LogP) is 1.24. The maximum absolute atomic E-state index is 12.0. The van der Waals surface area contributed by atoms with E-state index in [0.717, 1.165) is 18.7 Å². The van der Waals surface area contributed by atoms with Gasteiger partial charge in [0.05, 0.1) is 4.92 Å². The molecule has 0 spiro atoms. The Hall–Kier alpha value is -2.15. The van der Waals surface area contributed by atoms with Crippen LogP contribution in [0.1, 0.15) is 12.8 Å². The van der Waals surface area contributed by atoms with Gasteiger partial charge >= 0.3 is 0 Å².